The fraction of sp³-hybridized carbons (Fsp3) is 0.286. The number of ether oxygens (including phenoxy) is 1. The molecule has 1 rings (SSSR count). The molecule has 1 unspecified atom stereocenters. The molecule has 1 aromatic rings. The van der Waals surface area contributed by atoms with Gasteiger partial charge in [-0.1, -0.05) is 18.2 Å². The molecule has 0 bridgehead atoms. The van der Waals surface area contributed by atoms with E-state index in [0.29, 0.717) is 5.56 Å². The van der Waals surface area contributed by atoms with Gasteiger partial charge in [-0.15, -0.1) is 0 Å². The lowest BCUT2D eigenvalue weighted by atomic mass is 10.2. The van der Waals surface area contributed by atoms with Crippen LogP contribution in [0.1, 0.15) is 17.3 Å². The molecule has 0 saturated carbocycles. The molecule has 0 heterocycles. The monoisotopic (exact) mass is 247 g/mol. The molecule has 4 heteroatoms. The van der Waals surface area contributed by atoms with Gasteiger partial charge in [0.2, 0.25) is 0 Å². The zero-order valence-corrected chi connectivity index (χ0v) is 10.8. The van der Waals surface area contributed by atoms with Crippen molar-refractivity contribution < 1.29 is 14.3 Å². The molecule has 4 nitrogen and oxygen atoms in total. The van der Waals surface area contributed by atoms with Gasteiger partial charge >= 0.3 is 5.97 Å². The minimum atomic E-state index is -0.783. The van der Waals surface area contributed by atoms with Crippen molar-refractivity contribution in [2.45, 2.75) is 13.0 Å². The van der Waals surface area contributed by atoms with Crippen LogP contribution in [-0.2, 0) is 9.53 Å². The number of rotatable bonds is 5. The van der Waals surface area contributed by atoms with Crippen LogP contribution < -0.4 is 0 Å². The average molecular weight is 247 g/mol. The van der Waals surface area contributed by atoms with Gasteiger partial charge in [-0.05, 0) is 19.1 Å². The van der Waals surface area contributed by atoms with Gasteiger partial charge in [0.05, 0.1) is 5.56 Å². The highest BCUT2D eigenvalue weighted by Crippen LogP contribution is 2.04. The standard InChI is InChI=1S/C14H17NO3/c1-11(13(16)9-10-15(2)3)18-14(17)12-7-5-4-6-8-12/h4-11H,1-3H3/b10-9-. The molecule has 1 atom stereocenters. The molecule has 18 heavy (non-hydrogen) atoms. The van der Waals surface area contributed by atoms with Crippen molar-refractivity contribution in [1.82, 2.24) is 4.90 Å². The highest BCUT2D eigenvalue weighted by molar-refractivity contribution is 5.96. The Morgan fingerprint density at radius 3 is 2.39 bits per heavy atom. The van der Waals surface area contributed by atoms with Crippen LogP contribution in [0.4, 0.5) is 0 Å². The fourth-order valence-corrected chi connectivity index (χ4v) is 1.22. The van der Waals surface area contributed by atoms with E-state index in [-0.39, 0.29) is 5.78 Å². The predicted molar refractivity (Wildman–Crippen MR) is 69.2 cm³/mol. The number of esters is 1. The minimum Gasteiger partial charge on any atom is -0.451 e. The first-order chi connectivity index (χ1) is 8.50. The maximum Gasteiger partial charge on any atom is 0.338 e. The largest absolute Gasteiger partial charge is 0.451 e. The lowest BCUT2D eigenvalue weighted by Crippen LogP contribution is -2.23. The van der Waals surface area contributed by atoms with Crippen molar-refractivity contribution in [2.75, 3.05) is 14.1 Å². The molecule has 0 aromatic heterocycles. The Kier molecular flexibility index (Phi) is 5.11. The van der Waals surface area contributed by atoms with Crippen LogP contribution in [0, 0.1) is 0 Å². The number of carbonyl (C=O) groups is 2. The molecule has 0 saturated heterocycles. The molecule has 0 aliphatic heterocycles. The predicted octanol–water partition coefficient (Wildman–Crippen LogP) is 1.88. The first-order valence-corrected chi connectivity index (χ1v) is 5.65. The van der Waals surface area contributed by atoms with E-state index in [2.05, 4.69) is 0 Å². The van der Waals surface area contributed by atoms with Crippen LogP contribution in [0.15, 0.2) is 42.6 Å². The van der Waals surface area contributed by atoms with Crippen molar-refractivity contribution in [3.63, 3.8) is 0 Å². The summed E-state index contributed by atoms with van der Waals surface area (Å²) in [6.45, 7) is 1.56. The van der Waals surface area contributed by atoms with Crippen LogP contribution in [0.3, 0.4) is 0 Å². The van der Waals surface area contributed by atoms with E-state index in [9.17, 15) is 9.59 Å². The van der Waals surface area contributed by atoms with Gasteiger partial charge < -0.3 is 9.64 Å². The topological polar surface area (TPSA) is 46.6 Å². The van der Waals surface area contributed by atoms with Gasteiger partial charge in [-0.25, -0.2) is 4.79 Å². The Hall–Kier alpha value is -2.10. The molecule has 0 radical (unpaired) electrons. The number of carbonyl (C=O) groups excluding carboxylic acids is 2. The number of hydrogen-bond donors (Lipinski definition) is 0. The van der Waals surface area contributed by atoms with Crippen LogP contribution in [0.5, 0.6) is 0 Å². The van der Waals surface area contributed by atoms with Gasteiger partial charge in [-0.2, -0.15) is 0 Å². The number of hydrogen-bond acceptors (Lipinski definition) is 4. The summed E-state index contributed by atoms with van der Waals surface area (Å²) in [7, 11) is 3.62. The maximum atomic E-state index is 11.7. The Labute approximate surface area is 107 Å². The molecule has 0 N–H and O–H groups in total. The summed E-state index contributed by atoms with van der Waals surface area (Å²) in [5.74, 6) is -0.734. The Bertz CT molecular complexity index is 438. The van der Waals surface area contributed by atoms with Crippen LogP contribution in [0.25, 0.3) is 0 Å². The third-order valence-corrected chi connectivity index (χ3v) is 2.23. The summed E-state index contributed by atoms with van der Waals surface area (Å²) >= 11 is 0. The first kappa shape index (κ1) is 14.0. The first-order valence-electron chi connectivity index (χ1n) is 5.65. The van der Waals surface area contributed by atoms with Crippen LogP contribution in [0.2, 0.25) is 0 Å². The van der Waals surface area contributed by atoms with E-state index in [1.165, 1.54) is 6.08 Å². The fourth-order valence-electron chi connectivity index (χ4n) is 1.22. The molecule has 0 spiro atoms. The van der Waals surface area contributed by atoms with Gasteiger partial charge in [0.15, 0.2) is 11.9 Å². The summed E-state index contributed by atoms with van der Waals surface area (Å²) in [5.41, 5.74) is 0.439. The molecule has 0 fully saturated rings. The van der Waals surface area contributed by atoms with Crippen LogP contribution in [-0.4, -0.2) is 36.9 Å². The third-order valence-electron chi connectivity index (χ3n) is 2.23. The summed E-state index contributed by atoms with van der Waals surface area (Å²) in [6.07, 6.45) is 2.23. The molecule has 96 valence electrons. The zero-order valence-electron chi connectivity index (χ0n) is 10.8. The van der Waals surface area contributed by atoms with E-state index >= 15 is 0 Å². The highest BCUT2D eigenvalue weighted by Gasteiger charge is 2.16. The zero-order chi connectivity index (χ0) is 13.5. The van der Waals surface area contributed by atoms with Crippen molar-refractivity contribution >= 4 is 11.8 Å². The summed E-state index contributed by atoms with van der Waals surface area (Å²) in [4.78, 5) is 25.1. The second-order valence-electron chi connectivity index (χ2n) is 4.10. The highest BCUT2D eigenvalue weighted by atomic mass is 16.5. The van der Waals surface area contributed by atoms with Crippen molar-refractivity contribution in [2.24, 2.45) is 0 Å². The minimum absolute atomic E-state index is 0.243. The van der Waals surface area contributed by atoms with E-state index < -0.39 is 12.1 Å². The number of nitrogens with zero attached hydrogens (tertiary/aromatic N) is 1. The van der Waals surface area contributed by atoms with Gasteiger partial charge in [-0.3, -0.25) is 4.79 Å². The molecular formula is C14H17NO3. The van der Waals surface area contributed by atoms with Crippen molar-refractivity contribution in [1.29, 1.82) is 0 Å². The molecular weight excluding hydrogens is 230 g/mol. The SMILES string of the molecule is CC(OC(=O)c1ccccc1)C(=O)/C=C\N(C)C. The molecule has 0 aliphatic carbocycles. The summed E-state index contributed by atoms with van der Waals surface area (Å²) < 4.78 is 5.07. The second-order valence-corrected chi connectivity index (χ2v) is 4.10. The van der Waals surface area contributed by atoms with Crippen molar-refractivity contribution in [3.8, 4) is 0 Å². The Morgan fingerprint density at radius 2 is 1.83 bits per heavy atom. The van der Waals surface area contributed by atoms with E-state index in [1.807, 2.05) is 20.2 Å². The molecule has 0 aliphatic rings. The van der Waals surface area contributed by atoms with Crippen molar-refractivity contribution in [3.05, 3.63) is 48.2 Å². The lowest BCUT2D eigenvalue weighted by molar-refractivity contribution is -0.122. The second kappa shape index (κ2) is 6.59. The molecule has 1 aromatic carbocycles. The third kappa shape index (κ3) is 4.41. The summed E-state index contributed by atoms with van der Waals surface area (Å²) in [6, 6.07) is 8.60. The van der Waals surface area contributed by atoms with E-state index in [4.69, 9.17) is 4.74 Å². The van der Waals surface area contributed by atoms with E-state index in [1.54, 1.807) is 42.3 Å². The Balaban J connectivity index is 2.57. The van der Waals surface area contributed by atoms with Gasteiger partial charge in [0.25, 0.3) is 0 Å². The van der Waals surface area contributed by atoms with E-state index in [0.717, 1.165) is 0 Å². The maximum absolute atomic E-state index is 11.7. The van der Waals surface area contributed by atoms with Gasteiger partial charge in [0, 0.05) is 26.4 Å². The quantitative estimate of drug-likeness (QED) is 0.588. The van der Waals surface area contributed by atoms with Gasteiger partial charge in [0.1, 0.15) is 0 Å². The molecule has 0 amide bonds. The number of ketones is 1. The normalized spacial score (nSPS) is 12.2. The summed E-state index contributed by atoms with van der Waals surface area (Å²) in [5, 5.41) is 0. The van der Waals surface area contributed by atoms with Crippen LogP contribution >= 0.6 is 0 Å². The lowest BCUT2D eigenvalue weighted by Gasteiger charge is -2.10. The smallest absolute Gasteiger partial charge is 0.338 e. The number of benzene rings is 1. The Morgan fingerprint density at radius 1 is 1.22 bits per heavy atom. The average Bonchev–Trinajstić information content (AvgIpc) is 2.36.